The SMILES string of the molecule is O=C(O)c1ccc(-c2ccc3c(n2)N(C(=O)Nc2ccccc2)CCO3)cc1. The van der Waals surface area contributed by atoms with Crippen LogP contribution in [-0.2, 0) is 0 Å². The Morgan fingerprint density at radius 3 is 2.46 bits per heavy atom. The molecule has 2 heterocycles. The summed E-state index contributed by atoms with van der Waals surface area (Å²) in [6.45, 7) is 0.754. The van der Waals surface area contributed by atoms with Crippen LogP contribution < -0.4 is 15.0 Å². The van der Waals surface area contributed by atoms with Crippen LogP contribution in [0.25, 0.3) is 11.3 Å². The Balaban J connectivity index is 1.63. The minimum atomic E-state index is -0.984. The van der Waals surface area contributed by atoms with Crippen LogP contribution in [0.4, 0.5) is 16.3 Å². The van der Waals surface area contributed by atoms with E-state index in [1.54, 1.807) is 29.2 Å². The van der Waals surface area contributed by atoms with E-state index in [9.17, 15) is 9.59 Å². The van der Waals surface area contributed by atoms with Crippen molar-refractivity contribution in [3.8, 4) is 17.0 Å². The third kappa shape index (κ3) is 3.50. The predicted octanol–water partition coefficient (Wildman–Crippen LogP) is 3.88. The maximum atomic E-state index is 12.8. The van der Waals surface area contributed by atoms with Crippen molar-refractivity contribution in [1.82, 2.24) is 4.98 Å². The third-order valence-corrected chi connectivity index (χ3v) is 4.37. The number of benzene rings is 2. The third-order valence-electron chi connectivity index (χ3n) is 4.37. The van der Waals surface area contributed by atoms with Gasteiger partial charge in [-0.25, -0.2) is 14.6 Å². The van der Waals surface area contributed by atoms with Gasteiger partial charge in [-0.05, 0) is 36.4 Å². The molecule has 2 aromatic carbocycles. The van der Waals surface area contributed by atoms with Crippen LogP contribution in [0.5, 0.6) is 5.75 Å². The lowest BCUT2D eigenvalue weighted by atomic mass is 10.1. The number of nitrogens with one attached hydrogen (secondary N) is 1. The Labute approximate surface area is 161 Å². The van der Waals surface area contributed by atoms with Crippen molar-refractivity contribution in [3.63, 3.8) is 0 Å². The van der Waals surface area contributed by atoms with Gasteiger partial charge in [0.15, 0.2) is 11.6 Å². The van der Waals surface area contributed by atoms with Crippen molar-refractivity contribution >= 4 is 23.5 Å². The van der Waals surface area contributed by atoms with Crippen molar-refractivity contribution in [3.05, 3.63) is 72.3 Å². The second-order valence-corrected chi connectivity index (χ2v) is 6.20. The molecule has 0 spiro atoms. The summed E-state index contributed by atoms with van der Waals surface area (Å²) in [5.41, 5.74) is 2.27. The van der Waals surface area contributed by atoms with Gasteiger partial charge >= 0.3 is 12.0 Å². The maximum absolute atomic E-state index is 12.8. The molecule has 0 saturated heterocycles. The fraction of sp³-hybridized carbons (Fsp3) is 0.0952. The molecule has 1 aliphatic heterocycles. The highest BCUT2D eigenvalue weighted by atomic mass is 16.5. The van der Waals surface area contributed by atoms with E-state index in [4.69, 9.17) is 9.84 Å². The summed E-state index contributed by atoms with van der Waals surface area (Å²) in [6, 6.07) is 18.9. The number of hydrogen-bond acceptors (Lipinski definition) is 4. The van der Waals surface area contributed by atoms with Gasteiger partial charge in [0, 0.05) is 11.3 Å². The number of aromatic nitrogens is 1. The van der Waals surface area contributed by atoms with E-state index in [0.29, 0.717) is 36.1 Å². The van der Waals surface area contributed by atoms with Crippen molar-refractivity contribution in [2.75, 3.05) is 23.4 Å². The number of pyridine rings is 1. The summed E-state index contributed by atoms with van der Waals surface area (Å²) in [7, 11) is 0. The molecule has 0 aliphatic carbocycles. The van der Waals surface area contributed by atoms with E-state index in [0.717, 1.165) is 5.56 Å². The molecule has 2 N–H and O–H groups in total. The van der Waals surface area contributed by atoms with Gasteiger partial charge in [0.25, 0.3) is 0 Å². The first-order valence-electron chi connectivity index (χ1n) is 8.73. The van der Waals surface area contributed by atoms with Gasteiger partial charge in [0.05, 0.1) is 17.8 Å². The van der Waals surface area contributed by atoms with Crippen LogP contribution in [0.15, 0.2) is 66.7 Å². The molecule has 0 fully saturated rings. The van der Waals surface area contributed by atoms with Crippen LogP contribution in [0.3, 0.4) is 0 Å². The summed E-state index contributed by atoms with van der Waals surface area (Å²) in [5, 5.41) is 11.9. The van der Waals surface area contributed by atoms with Crippen molar-refractivity contribution in [2.24, 2.45) is 0 Å². The van der Waals surface area contributed by atoms with Gasteiger partial charge in [-0.3, -0.25) is 4.90 Å². The monoisotopic (exact) mass is 375 g/mol. The Hall–Kier alpha value is -3.87. The normalized spacial score (nSPS) is 12.6. The van der Waals surface area contributed by atoms with Crippen LogP contribution in [0.2, 0.25) is 0 Å². The lowest BCUT2D eigenvalue weighted by Gasteiger charge is -2.28. The zero-order chi connectivity index (χ0) is 19.5. The number of ether oxygens (including phenoxy) is 1. The number of fused-ring (bicyclic) bond motifs is 1. The van der Waals surface area contributed by atoms with Gasteiger partial charge in [0.2, 0.25) is 0 Å². The van der Waals surface area contributed by atoms with Gasteiger partial charge in [-0.2, -0.15) is 0 Å². The number of nitrogens with zero attached hydrogens (tertiary/aromatic N) is 2. The largest absolute Gasteiger partial charge is 0.488 e. The molecule has 0 unspecified atom stereocenters. The number of hydrogen-bond donors (Lipinski definition) is 2. The highest BCUT2D eigenvalue weighted by Gasteiger charge is 2.26. The molecule has 0 radical (unpaired) electrons. The van der Waals surface area contributed by atoms with E-state index in [2.05, 4.69) is 10.3 Å². The standard InChI is InChI=1S/C21H17N3O4/c25-20(26)15-8-6-14(7-9-15)17-10-11-18-19(23-17)24(12-13-28-18)21(27)22-16-4-2-1-3-5-16/h1-11H,12-13H2,(H,22,27)(H,25,26). The zero-order valence-electron chi connectivity index (χ0n) is 14.8. The fourth-order valence-electron chi connectivity index (χ4n) is 2.95. The molecule has 7 nitrogen and oxygen atoms in total. The average Bonchev–Trinajstić information content (AvgIpc) is 2.73. The van der Waals surface area contributed by atoms with Crippen LogP contribution in [-0.4, -0.2) is 35.2 Å². The van der Waals surface area contributed by atoms with Gasteiger partial charge in [-0.1, -0.05) is 30.3 Å². The van der Waals surface area contributed by atoms with Crippen LogP contribution >= 0.6 is 0 Å². The summed E-state index contributed by atoms with van der Waals surface area (Å²) in [5.74, 6) is -0.0260. The molecule has 140 valence electrons. The first-order chi connectivity index (χ1) is 13.6. The average molecular weight is 375 g/mol. The van der Waals surface area contributed by atoms with E-state index >= 15 is 0 Å². The molecular weight excluding hydrogens is 358 g/mol. The van der Waals surface area contributed by atoms with Crippen molar-refractivity contribution in [1.29, 1.82) is 0 Å². The molecule has 2 amide bonds. The zero-order valence-corrected chi connectivity index (χ0v) is 14.8. The van der Waals surface area contributed by atoms with Gasteiger partial charge < -0.3 is 15.2 Å². The highest BCUT2D eigenvalue weighted by molar-refractivity contribution is 6.02. The molecular formula is C21H17N3O4. The Bertz CT molecular complexity index is 1020. The first kappa shape index (κ1) is 17.5. The molecule has 28 heavy (non-hydrogen) atoms. The first-order valence-corrected chi connectivity index (χ1v) is 8.73. The highest BCUT2D eigenvalue weighted by Crippen LogP contribution is 2.33. The molecule has 4 rings (SSSR count). The summed E-state index contributed by atoms with van der Waals surface area (Å²) >= 11 is 0. The molecule has 0 saturated carbocycles. The molecule has 1 aliphatic rings. The van der Waals surface area contributed by atoms with Gasteiger partial charge in [0.1, 0.15) is 6.61 Å². The molecule has 3 aromatic rings. The number of para-hydroxylation sites is 1. The Morgan fingerprint density at radius 2 is 1.75 bits per heavy atom. The summed E-state index contributed by atoms with van der Waals surface area (Å²) in [4.78, 5) is 29.9. The number of carbonyl (C=O) groups is 2. The molecule has 1 aromatic heterocycles. The Kier molecular flexibility index (Phi) is 4.63. The smallest absolute Gasteiger partial charge is 0.335 e. The minimum absolute atomic E-state index is 0.203. The predicted molar refractivity (Wildman–Crippen MR) is 105 cm³/mol. The molecule has 7 heteroatoms. The second kappa shape index (κ2) is 7.40. The van der Waals surface area contributed by atoms with E-state index < -0.39 is 5.97 Å². The number of amides is 2. The molecule has 0 bridgehead atoms. The van der Waals surface area contributed by atoms with Gasteiger partial charge in [-0.15, -0.1) is 0 Å². The lowest BCUT2D eigenvalue weighted by Crippen LogP contribution is -2.41. The fourth-order valence-corrected chi connectivity index (χ4v) is 2.95. The van der Waals surface area contributed by atoms with Crippen LogP contribution in [0.1, 0.15) is 10.4 Å². The second-order valence-electron chi connectivity index (χ2n) is 6.20. The van der Waals surface area contributed by atoms with E-state index in [1.165, 1.54) is 12.1 Å². The number of rotatable bonds is 3. The van der Waals surface area contributed by atoms with E-state index in [1.807, 2.05) is 30.3 Å². The number of carboxylic acid groups (broad SMARTS) is 1. The summed E-state index contributed by atoms with van der Waals surface area (Å²) < 4.78 is 5.63. The Morgan fingerprint density at radius 1 is 1.00 bits per heavy atom. The lowest BCUT2D eigenvalue weighted by molar-refractivity contribution is 0.0697. The quantitative estimate of drug-likeness (QED) is 0.725. The van der Waals surface area contributed by atoms with Crippen molar-refractivity contribution < 1.29 is 19.4 Å². The van der Waals surface area contributed by atoms with Crippen LogP contribution in [0, 0.1) is 0 Å². The maximum Gasteiger partial charge on any atom is 0.335 e. The topological polar surface area (TPSA) is 91.8 Å². The number of carboxylic acids is 1. The number of anilines is 2. The number of urea groups is 1. The molecule has 0 atom stereocenters. The van der Waals surface area contributed by atoms with Crippen molar-refractivity contribution in [2.45, 2.75) is 0 Å². The number of carbonyl (C=O) groups excluding carboxylic acids is 1. The summed E-state index contributed by atoms with van der Waals surface area (Å²) in [6.07, 6.45) is 0. The van der Waals surface area contributed by atoms with E-state index in [-0.39, 0.29) is 11.6 Å². The number of aromatic carboxylic acids is 1. The minimum Gasteiger partial charge on any atom is -0.488 e.